The normalized spacial score (nSPS) is 10.2. The average Bonchev–Trinajstić information content (AvgIpc) is 2.47. The Balaban J connectivity index is 2.36. The molecular formula is C15H14Cl2O3. The van der Waals surface area contributed by atoms with Crippen LogP contribution in [0.4, 0.5) is 0 Å². The van der Waals surface area contributed by atoms with Crippen LogP contribution in [0.5, 0.6) is 23.0 Å². The minimum atomic E-state index is 0.341. The summed E-state index contributed by atoms with van der Waals surface area (Å²) in [5.74, 6) is 2.84. The molecule has 3 nitrogen and oxygen atoms in total. The summed E-state index contributed by atoms with van der Waals surface area (Å²) in [6, 6.07) is 10.6. The largest absolute Gasteiger partial charge is 0.496 e. The molecule has 0 aromatic heterocycles. The second kappa shape index (κ2) is 6.73. The summed E-state index contributed by atoms with van der Waals surface area (Å²) >= 11 is 11.9. The number of halogens is 2. The lowest BCUT2D eigenvalue weighted by molar-refractivity contribution is 0.386. The lowest BCUT2D eigenvalue weighted by Crippen LogP contribution is -1.92. The van der Waals surface area contributed by atoms with Crippen LogP contribution in [0.2, 0.25) is 5.02 Å². The molecule has 0 spiro atoms. The van der Waals surface area contributed by atoms with Gasteiger partial charge in [-0.1, -0.05) is 17.7 Å². The van der Waals surface area contributed by atoms with E-state index in [1.807, 2.05) is 6.07 Å². The van der Waals surface area contributed by atoms with E-state index in [0.29, 0.717) is 33.9 Å². The fourth-order valence-corrected chi connectivity index (χ4v) is 2.08. The van der Waals surface area contributed by atoms with Gasteiger partial charge in [-0.2, -0.15) is 0 Å². The lowest BCUT2D eigenvalue weighted by Gasteiger charge is -2.12. The minimum absolute atomic E-state index is 0.341. The Hall–Kier alpha value is -1.58. The van der Waals surface area contributed by atoms with E-state index in [9.17, 15) is 0 Å². The second-order valence-electron chi connectivity index (χ2n) is 4.04. The smallest absolute Gasteiger partial charge is 0.134 e. The summed E-state index contributed by atoms with van der Waals surface area (Å²) in [5.41, 5.74) is 0.859. The highest BCUT2D eigenvalue weighted by molar-refractivity contribution is 6.30. The third-order valence-electron chi connectivity index (χ3n) is 2.73. The van der Waals surface area contributed by atoms with Crippen molar-refractivity contribution in [2.45, 2.75) is 5.88 Å². The maximum atomic E-state index is 5.98. The lowest BCUT2D eigenvalue weighted by atomic mass is 10.2. The van der Waals surface area contributed by atoms with Gasteiger partial charge >= 0.3 is 0 Å². The van der Waals surface area contributed by atoms with Gasteiger partial charge in [0.15, 0.2) is 0 Å². The van der Waals surface area contributed by atoms with E-state index in [4.69, 9.17) is 37.4 Å². The number of hydrogen-bond donors (Lipinski definition) is 0. The van der Waals surface area contributed by atoms with Gasteiger partial charge in [0.05, 0.1) is 20.1 Å². The minimum Gasteiger partial charge on any atom is -0.496 e. The summed E-state index contributed by atoms with van der Waals surface area (Å²) in [6.45, 7) is 0. The van der Waals surface area contributed by atoms with Crippen LogP contribution in [0.15, 0.2) is 36.4 Å². The van der Waals surface area contributed by atoms with Crippen molar-refractivity contribution in [1.29, 1.82) is 0 Å². The highest BCUT2D eigenvalue weighted by Gasteiger charge is 2.08. The summed E-state index contributed by atoms with van der Waals surface area (Å²) in [6.07, 6.45) is 0. The molecule has 2 aromatic carbocycles. The van der Waals surface area contributed by atoms with Gasteiger partial charge in [-0.3, -0.25) is 0 Å². The summed E-state index contributed by atoms with van der Waals surface area (Å²) in [5, 5.41) is 0.587. The molecule has 0 unspecified atom stereocenters. The van der Waals surface area contributed by atoms with Crippen LogP contribution < -0.4 is 14.2 Å². The zero-order chi connectivity index (χ0) is 14.5. The van der Waals surface area contributed by atoms with Crippen molar-refractivity contribution in [2.24, 2.45) is 0 Å². The monoisotopic (exact) mass is 312 g/mol. The molecule has 0 fully saturated rings. The van der Waals surface area contributed by atoms with E-state index in [0.717, 1.165) is 5.56 Å². The number of hydrogen-bond acceptors (Lipinski definition) is 3. The predicted octanol–water partition coefficient (Wildman–Crippen LogP) is 4.89. The van der Waals surface area contributed by atoms with Crippen LogP contribution >= 0.6 is 23.2 Å². The van der Waals surface area contributed by atoms with E-state index in [2.05, 4.69) is 0 Å². The third-order valence-corrected chi connectivity index (χ3v) is 3.25. The maximum Gasteiger partial charge on any atom is 0.134 e. The Morgan fingerprint density at radius 2 is 1.50 bits per heavy atom. The van der Waals surface area contributed by atoms with Crippen molar-refractivity contribution < 1.29 is 14.2 Å². The molecular weight excluding hydrogens is 299 g/mol. The van der Waals surface area contributed by atoms with E-state index < -0.39 is 0 Å². The van der Waals surface area contributed by atoms with Crippen LogP contribution in [-0.4, -0.2) is 14.2 Å². The van der Waals surface area contributed by atoms with Crippen molar-refractivity contribution in [3.05, 3.63) is 47.0 Å². The molecule has 0 aliphatic rings. The zero-order valence-electron chi connectivity index (χ0n) is 11.2. The second-order valence-corrected chi connectivity index (χ2v) is 4.74. The van der Waals surface area contributed by atoms with E-state index in [1.54, 1.807) is 44.6 Å². The number of rotatable bonds is 5. The third kappa shape index (κ3) is 3.50. The van der Waals surface area contributed by atoms with Crippen molar-refractivity contribution in [3.63, 3.8) is 0 Å². The highest BCUT2D eigenvalue weighted by atomic mass is 35.5. The fraction of sp³-hybridized carbons (Fsp3) is 0.200. The molecule has 0 bridgehead atoms. The van der Waals surface area contributed by atoms with Crippen molar-refractivity contribution in [1.82, 2.24) is 0 Å². The first kappa shape index (κ1) is 14.8. The molecule has 2 rings (SSSR count). The molecule has 0 aliphatic carbocycles. The molecule has 0 N–H and O–H groups in total. The Morgan fingerprint density at radius 1 is 0.900 bits per heavy atom. The van der Waals surface area contributed by atoms with Crippen LogP contribution in [0.1, 0.15) is 5.56 Å². The first-order valence-electron chi connectivity index (χ1n) is 5.91. The first-order valence-corrected chi connectivity index (χ1v) is 6.83. The van der Waals surface area contributed by atoms with Gasteiger partial charge in [0.1, 0.15) is 23.0 Å². The first-order chi connectivity index (χ1) is 9.66. The van der Waals surface area contributed by atoms with Crippen LogP contribution in [0, 0.1) is 0 Å². The van der Waals surface area contributed by atoms with Gasteiger partial charge in [-0.05, 0) is 12.1 Å². The van der Waals surface area contributed by atoms with Crippen molar-refractivity contribution >= 4 is 23.2 Å². The maximum absolute atomic E-state index is 5.98. The molecule has 0 amide bonds. The van der Waals surface area contributed by atoms with Gasteiger partial charge in [-0.25, -0.2) is 0 Å². The zero-order valence-corrected chi connectivity index (χ0v) is 12.7. The fourth-order valence-electron chi connectivity index (χ4n) is 1.70. The Kier molecular flexibility index (Phi) is 4.99. The van der Waals surface area contributed by atoms with Crippen molar-refractivity contribution in [2.75, 3.05) is 14.2 Å². The number of alkyl halides is 1. The quantitative estimate of drug-likeness (QED) is 0.736. The number of ether oxygens (including phenoxy) is 3. The summed E-state index contributed by atoms with van der Waals surface area (Å²) in [4.78, 5) is 0. The molecule has 0 radical (unpaired) electrons. The molecule has 5 heteroatoms. The predicted molar refractivity (Wildman–Crippen MR) is 80.6 cm³/mol. The number of methoxy groups -OCH3 is 2. The van der Waals surface area contributed by atoms with Crippen LogP contribution in [0.25, 0.3) is 0 Å². The Labute approximate surface area is 128 Å². The number of benzene rings is 2. The molecule has 0 saturated heterocycles. The van der Waals surface area contributed by atoms with Crippen molar-refractivity contribution in [3.8, 4) is 23.0 Å². The topological polar surface area (TPSA) is 27.7 Å². The molecule has 106 valence electrons. The molecule has 0 heterocycles. The SMILES string of the molecule is COc1cc(OC)cc(Oc2cc(Cl)ccc2CCl)c1. The van der Waals surface area contributed by atoms with Gasteiger partial charge < -0.3 is 14.2 Å². The summed E-state index contributed by atoms with van der Waals surface area (Å²) in [7, 11) is 3.17. The van der Waals surface area contributed by atoms with Crippen LogP contribution in [0.3, 0.4) is 0 Å². The molecule has 2 aromatic rings. The highest BCUT2D eigenvalue weighted by Crippen LogP contribution is 2.34. The molecule has 0 saturated carbocycles. The van der Waals surface area contributed by atoms with Gasteiger partial charge in [0.2, 0.25) is 0 Å². The standard InChI is InChI=1S/C15H14Cl2O3/c1-18-12-6-13(19-2)8-14(7-12)20-15-5-11(17)4-3-10(15)9-16/h3-8H,9H2,1-2H3. The average molecular weight is 313 g/mol. The van der Waals surface area contributed by atoms with Gasteiger partial charge in [0, 0.05) is 28.8 Å². The summed E-state index contributed by atoms with van der Waals surface area (Å²) < 4.78 is 16.2. The molecule has 20 heavy (non-hydrogen) atoms. The van der Waals surface area contributed by atoms with E-state index >= 15 is 0 Å². The van der Waals surface area contributed by atoms with E-state index in [1.165, 1.54) is 0 Å². The molecule has 0 aliphatic heterocycles. The van der Waals surface area contributed by atoms with E-state index in [-0.39, 0.29) is 0 Å². The van der Waals surface area contributed by atoms with Gasteiger partial charge in [0.25, 0.3) is 0 Å². The molecule has 0 atom stereocenters. The van der Waals surface area contributed by atoms with Crippen LogP contribution in [-0.2, 0) is 5.88 Å². The van der Waals surface area contributed by atoms with Gasteiger partial charge in [-0.15, -0.1) is 11.6 Å². The Bertz CT molecular complexity index is 577. The Morgan fingerprint density at radius 3 is 2.05 bits per heavy atom.